The van der Waals surface area contributed by atoms with E-state index in [1.807, 2.05) is 0 Å². The standard InChI is InChI=1S/C19H40OSi3/c1-14(2)23(15(3)4,16(5)6)19-18(22(10,11)12)17(13-20-19)21(7,8)9/h13-16H,1-12H3. The molecule has 0 aromatic carbocycles. The number of furan rings is 1. The molecule has 0 spiro atoms. The van der Waals surface area contributed by atoms with Gasteiger partial charge in [-0.05, 0) is 27.0 Å². The molecule has 0 saturated heterocycles. The topological polar surface area (TPSA) is 13.1 Å². The third-order valence-electron chi connectivity index (χ3n) is 5.61. The highest BCUT2D eigenvalue weighted by Gasteiger charge is 2.51. The highest BCUT2D eigenvalue weighted by Crippen LogP contribution is 2.41. The minimum atomic E-state index is -1.73. The fraction of sp³-hybridized carbons (Fsp3) is 0.789. The molecule has 23 heavy (non-hydrogen) atoms. The normalized spacial score (nSPS) is 14.4. The Balaban J connectivity index is 3.86. The van der Waals surface area contributed by atoms with Crippen LogP contribution in [0.25, 0.3) is 0 Å². The summed E-state index contributed by atoms with van der Waals surface area (Å²) in [5, 5.41) is 4.76. The van der Waals surface area contributed by atoms with Crippen molar-refractivity contribution in [3.8, 4) is 0 Å². The van der Waals surface area contributed by atoms with Gasteiger partial charge in [0.05, 0.1) is 27.8 Å². The molecule has 0 radical (unpaired) electrons. The first-order chi connectivity index (χ1) is 10.2. The lowest BCUT2D eigenvalue weighted by molar-refractivity contribution is 0.590. The van der Waals surface area contributed by atoms with E-state index in [1.165, 1.54) is 5.38 Å². The smallest absolute Gasteiger partial charge is 0.139 e. The first-order valence-electron chi connectivity index (χ1n) is 9.31. The molecule has 0 fully saturated rings. The van der Waals surface area contributed by atoms with Crippen molar-refractivity contribution in [3.05, 3.63) is 6.26 Å². The summed E-state index contributed by atoms with van der Waals surface area (Å²) in [5.74, 6) is 0. The van der Waals surface area contributed by atoms with Crippen molar-refractivity contribution in [2.45, 2.75) is 97.4 Å². The van der Waals surface area contributed by atoms with Crippen LogP contribution in [0.5, 0.6) is 0 Å². The molecule has 0 unspecified atom stereocenters. The van der Waals surface area contributed by atoms with Crippen molar-refractivity contribution in [3.63, 3.8) is 0 Å². The molecular weight excluding hydrogens is 328 g/mol. The van der Waals surface area contributed by atoms with E-state index in [2.05, 4.69) is 87.1 Å². The van der Waals surface area contributed by atoms with Crippen molar-refractivity contribution < 1.29 is 4.42 Å². The second-order valence-electron chi connectivity index (χ2n) is 10.3. The van der Waals surface area contributed by atoms with Gasteiger partial charge in [-0.3, -0.25) is 0 Å². The van der Waals surface area contributed by atoms with Crippen LogP contribution in [0.4, 0.5) is 0 Å². The zero-order chi connectivity index (χ0) is 18.4. The third-order valence-corrected chi connectivity index (χ3v) is 17.0. The molecule has 0 saturated carbocycles. The van der Waals surface area contributed by atoms with Crippen LogP contribution in [0.1, 0.15) is 41.5 Å². The molecule has 0 aliphatic carbocycles. The molecule has 1 aromatic heterocycles. The average molecular weight is 369 g/mol. The van der Waals surface area contributed by atoms with Gasteiger partial charge in [0.1, 0.15) is 8.07 Å². The molecule has 0 bridgehead atoms. The first kappa shape index (κ1) is 21.0. The van der Waals surface area contributed by atoms with Crippen LogP contribution in [0.3, 0.4) is 0 Å². The van der Waals surface area contributed by atoms with Crippen LogP contribution in [0.2, 0.25) is 55.9 Å². The van der Waals surface area contributed by atoms with Gasteiger partial charge in [0.2, 0.25) is 0 Å². The van der Waals surface area contributed by atoms with Crippen LogP contribution in [0.15, 0.2) is 10.7 Å². The predicted molar refractivity (Wildman–Crippen MR) is 115 cm³/mol. The highest BCUT2D eigenvalue weighted by molar-refractivity contribution is 7.05. The van der Waals surface area contributed by atoms with Gasteiger partial charge in [-0.1, -0.05) is 80.8 Å². The van der Waals surface area contributed by atoms with E-state index in [4.69, 9.17) is 4.42 Å². The maximum absolute atomic E-state index is 6.53. The highest BCUT2D eigenvalue weighted by atomic mass is 28.3. The molecule has 1 aromatic rings. The predicted octanol–water partition coefficient (Wildman–Crippen LogP) is 5.26. The van der Waals surface area contributed by atoms with Crippen molar-refractivity contribution in [1.82, 2.24) is 0 Å². The lowest BCUT2D eigenvalue weighted by Gasteiger charge is -2.43. The summed E-state index contributed by atoms with van der Waals surface area (Å²) >= 11 is 0. The van der Waals surface area contributed by atoms with E-state index in [1.54, 1.807) is 10.4 Å². The van der Waals surface area contributed by atoms with Crippen molar-refractivity contribution in [2.24, 2.45) is 0 Å². The molecule has 1 heterocycles. The number of hydrogen-bond donors (Lipinski definition) is 0. The molecule has 0 N–H and O–H groups in total. The molecular formula is C19H40OSi3. The summed E-state index contributed by atoms with van der Waals surface area (Å²) < 4.78 is 6.53. The minimum absolute atomic E-state index is 0.707. The van der Waals surface area contributed by atoms with Gasteiger partial charge in [0, 0.05) is 0 Å². The number of hydrogen-bond acceptors (Lipinski definition) is 1. The van der Waals surface area contributed by atoms with Gasteiger partial charge in [-0.15, -0.1) is 0 Å². The van der Waals surface area contributed by atoms with E-state index in [-0.39, 0.29) is 0 Å². The average Bonchev–Trinajstić information content (AvgIpc) is 2.72. The van der Waals surface area contributed by atoms with Crippen LogP contribution >= 0.6 is 0 Å². The van der Waals surface area contributed by atoms with Gasteiger partial charge >= 0.3 is 0 Å². The second kappa shape index (κ2) is 6.68. The van der Waals surface area contributed by atoms with E-state index in [9.17, 15) is 0 Å². The lowest BCUT2D eigenvalue weighted by atomic mass is 10.5. The van der Waals surface area contributed by atoms with Crippen molar-refractivity contribution in [2.75, 3.05) is 0 Å². The molecule has 1 nitrogen and oxygen atoms in total. The van der Waals surface area contributed by atoms with E-state index in [0.29, 0.717) is 16.6 Å². The fourth-order valence-corrected chi connectivity index (χ4v) is 18.2. The van der Waals surface area contributed by atoms with Crippen molar-refractivity contribution >= 4 is 40.0 Å². The van der Waals surface area contributed by atoms with Gasteiger partial charge < -0.3 is 4.42 Å². The summed E-state index contributed by atoms with van der Waals surface area (Å²) in [6, 6.07) is 0. The lowest BCUT2D eigenvalue weighted by Crippen LogP contribution is -2.68. The molecule has 0 amide bonds. The molecule has 4 heteroatoms. The quantitative estimate of drug-likeness (QED) is 0.624. The summed E-state index contributed by atoms with van der Waals surface area (Å²) in [7, 11) is -4.56. The maximum Gasteiger partial charge on any atom is 0.139 e. The molecule has 0 atom stereocenters. The summed E-state index contributed by atoms with van der Waals surface area (Å²) in [6.07, 6.45) is 2.17. The Morgan fingerprint density at radius 1 is 0.696 bits per heavy atom. The number of rotatable bonds is 6. The molecule has 0 aliphatic heterocycles. The third kappa shape index (κ3) is 3.64. The Hall–Kier alpha value is -0.0694. The largest absolute Gasteiger partial charge is 0.475 e. The Morgan fingerprint density at radius 3 is 1.35 bits per heavy atom. The van der Waals surface area contributed by atoms with Crippen LogP contribution in [-0.2, 0) is 0 Å². The van der Waals surface area contributed by atoms with Crippen LogP contribution in [0, 0.1) is 0 Å². The van der Waals surface area contributed by atoms with Gasteiger partial charge in [-0.25, -0.2) is 0 Å². The summed E-state index contributed by atoms with van der Waals surface area (Å²) in [4.78, 5) is 0. The molecule has 1 rings (SSSR count). The Morgan fingerprint density at radius 2 is 1.09 bits per heavy atom. The summed E-state index contributed by atoms with van der Waals surface area (Å²) in [6.45, 7) is 29.6. The van der Waals surface area contributed by atoms with Gasteiger partial charge in [0.15, 0.2) is 0 Å². The van der Waals surface area contributed by atoms with Gasteiger partial charge in [0.25, 0.3) is 0 Å². The second-order valence-corrected chi connectivity index (χ2v) is 26.1. The van der Waals surface area contributed by atoms with Crippen LogP contribution in [-0.4, -0.2) is 24.2 Å². The fourth-order valence-electron chi connectivity index (χ4n) is 4.76. The maximum atomic E-state index is 6.53. The Bertz CT molecular complexity index is 506. The molecule has 0 aliphatic rings. The zero-order valence-corrected chi connectivity index (χ0v) is 20.7. The Labute approximate surface area is 148 Å². The van der Waals surface area contributed by atoms with Gasteiger partial charge in [-0.2, -0.15) is 0 Å². The van der Waals surface area contributed by atoms with E-state index >= 15 is 0 Å². The summed E-state index contributed by atoms with van der Waals surface area (Å²) in [5.41, 5.74) is 2.12. The van der Waals surface area contributed by atoms with Crippen molar-refractivity contribution in [1.29, 1.82) is 0 Å². The Kier molecular flexibility index (Phi) is 6.09. The zero-order valence-electron chi connectivity index (χ0n) is 17.7. The van der Waals surface area contributed by atoms with E-state index in [0.717, 1.165) is 0 Å². The molecule has 134 valence electrons. The SMILES string of the molecule is CC(C)[Si](c1occ([Si](C)(C)C)c1[Si](C)(C)C)(C(C)C)C(C)C. The monoisotopic (exact) mass is 368 g/mol. The minimum Gasteiger partial charge on any atom is -0.475 e. The van der Waals surface area contributed by atoms with Crippen LogP contribution < -0.4 is 15.8 Å². The van der Waals surface area contributed by atoms with E-state index < -0.39 is 24.2 Å². The first-order valence-corrected chi connectivity index (χ1v) is 18.5.